The van der Waals surface area contributed by atoms with Crippen molar-refractivity contribution in [2.75, 3.05) is 13.1 Å². The van der Waals surface area contributed by atoms with Gasteiger partial charge in [0, 0.05) is 29.1 Å². The molecule has 1 saturated heterocycles. The molecule has 6 rings (SSSR count). The van der Waals surface area contributed by atoms with Gasteiger partial charge in [-0.3, -0.25) is 4.90 Å². The molecule has 0 radical (unpaired) electrons. The van der Waals surface area contributed by atoms with E-state index in [0.717, 1.165) is 58.0 Å². The van der Waals surface area contributed by atoms with Crippen LogP contribution < -0.4 is 0 Å². The third kappa shape index (κ3) is 4.11. The van der Waals surface area contributed by atoms with Gasteiger partial charge in [0.05, 0.1) is 11.6 Å². The van der Waals surface area contributed by atoms with Crippen LogP contribution in [0.5, 0.6) is 0 Å². The number of aliphatic hydroxyl groups is 1. The van der Waals surface area contributed by atoms with Crippen molar-refractivity contribution in [2.45, 2.75) is 56.6 Å². The second-order valence-electron chi connectivity index (χ2n) is 10.5. The summed E-state index contributed by atoms with van der Waals surface area (Å²) >= 11 is 0. The van der Waals surface area contributed by atoms with E-state index in [9.17, 15) is 5.11 Å². The van der Waals surface area contributed by atoms with Crippen LogP contribution in [-0.4, -0.2) is 34.2 Å². The average molecular weight is 465 g/mol. The molecule has 3 heteroatoms. The lowest BCUT2D eigenvalue weighted by atomic mass is 9.65. The van der Waals surface area contributed by atoms with Crippen LogP contribution in [-0.2, 0) is 24.8 Å². The molecule has 0 bridgehead atoms. The fourth-order valence-electron chi connectivity index (χ4n) is 7.02. The summed E-state index contributed by atoms with van der Waals surface area (Å²) in [5.41, 5.74) is 6.63. The fourth-order valence-corrected chi connectivity index (χ4v) is 7.02. The van der Waals surface area contributed by atoms with Crippen LogP contribution >= 0.6 is 0 Å². The van der Waals surface area contributed by atoms with E-state index < -0.39 is 0 Å². The van der Waals surface area contributed by atoms with E-state index in [1.165, 1.54) is 33.3 Å². The number of aromatic amines is 1. The van der Waals surface area contributed by atoms with Gasteiger partial charge in [0.15, 0.2) is 0 Å². The average Bonchev–Trinajstić information content (AvgIpc) is 3.31. The molecule has 0 amide bonds. The number of rotatable bonds is 7. The summed E-state index contributed by atoms with van der Waals surface area (Å²) in [6.07, 6.45) is 6.78. The predicted octanol–water partition coefficient (Wildman–Crippen LogP) is 6.26. The molecule has 4 aromatic rings. The molecule has 2 aliphatic rings. The Morgan fingerprint density at radius 3 is 2.31 bits per heavy atom. The van der Waals surface area contributed by atoms with E-state index in [4.69, 9.17) is 0 Å². The monoisotopic (exact) mass is 464 g/mol. The Bertz CT molecular complexity index is 1260. The van der Waals surface area contributed by atoms with Crippen molar-refractivity contribution in [1.29, 1.82) is 0 Å². The van der Waals surface area contributed by atoms with Crippen molar-refractivity contribution >= 4 is 10.9 Å². The van der Waals surface area contributed by atoms with Crippen molar-refractivity contribution in [3.63, 3.8) is 0 Å². The third-order valence-corrected chi connectivity index (χ3v) is 8.67. The number of benzene rings is 3. The second kappa shape index (κ2) is 9.64. The maximum atomic E-state index is 11.8. The van der Waals surface area contributed by atoms with E-state index in [1.54, 1.807) is 0 Å². The van der Waals surface area contributed by atoms with Crippen LogP contribution in [0.1, 0.15) is 48.1 Å². The Morgan fingerprint density at radius 2 is 1.54 bits per heavy atom. The van der Waals surface area contributed by atoms with Gasteiger partial charge in [-0.15, -0.1) is 0 Å². The molecule has 1 aromatic heterocycles. The van der Waals surface area contributed by atoms with Crippen molar-refractivity contribution < 1.29 is 5.11 Å². The van der Waals surface area contributed by atoms with Gasteiger partial charge in [0.25, 0.3) is 0 Å². The molecule has 0 aliphatic carbocycles. The molecule has 3 heterocycles. The summed E-state index contributed by atoms with van der Waals surface area (Å²) in [5, 5.41) is 13.2. The Kier molecular flexibility index (Phi) is 6.22. The first-order chi connectivity index (χ1) is 17.3. The highest BCUT2D eigenvalue weighted by molar-refractivity contribution is 5.85. The number of fused-ring (bicyclic) bond motifs is 5. The van der Waals surface area contributed by atoms with Crippen LogP contribution in [0.2, 0.25) is 0 Å². The van der Waals surface area contributed by atoms with Crippen molar-refractivity contribution in [1.82, 2.24) is 9.88 Å². The summed E-state index contributed by atoms with van der Waals surface area (Å²) in [6, 6.07) is 30.3. The van der Waals surface area contributed by atoms with E-state index in [0.29, 0.717) is 0 Å². The molecule has 2 N–H and O–H groups in total. The lowest BCUT2D eigenvalue weighted by Gasteiger charge is -2.56. The van der Waals surface area contributed by atoms with Crippen molar-refractivity contribution in [2.24, 2.45) is 5.92 Å². The third-order valence-electron chi connectivity index (χ3n) is 8.67. The van der Waals surface area contributed by atoms with E-state index in [2.05, 4.69) is 94.8 Å². The molecule has 3 unspecified atom stereocenters. The molecule has 3 nitrogen and oxygen atoms in total. The standard InChI is InChI=1S/C32H36N2O/c35-30(18-17-24-10-3-1-4-11-24)28-15-9-22-34-23-20-27-26-14-7-8-16-29(26)33-31(27)32(28,34)21-19-25-12-5-2-6-13-25/h1-8,10-14,16,28,30,33,35H,9,15,17-23H2. The molecular weight excluding hydrogens is 428 g/mol. The largest absolute Gasteiger partial charge is 0.393 e. The number of piperidine rings is 1. The summed E-state index contributed by atoms with van der Waals surface area (Å²) in [6.45, 7) is 2.19. The Morgan fingerprint density at radius 1 is 0.857 bits per heavy atom. The predicted molar refractivity (Wildman–Crippen MR) is 144 cm³/mol. The summed E-state index contributed by atoms with van der Waals surface area (Å²) < 4.78 is 0. The minimum atomic E-state index is -0.328. The second-order valence-corrected chi connectivity index (χ2v) is 10.5. The fraction of sp³-hybridized carbons (Fsp3) is 0.375. The zero-order valence-corrected chi connectivity index (χ0v) is 20.5. The quantitative estimate of drug-likeness (QED) is 0.339. The van der Waals surface area contributed by atoms with Gasteiger partial charge in [-0.25, -0.2) is 0 Å². The SMILES string of the molecule is OC(CCc1ccccc1)C1CCCN2CCc3c([nH]c4ccccc34)C12CCc1ccccc1. The van der Waals surface area contributed by atoms with E-state index >= 15 is 0 Å². The number of para-hydroxylation sites is 1. The lowest BCUT2D eigenvalue weighted by molar-refractivity contribution is -0.0824. The first-order valence-electron chi connectivity index (χ1n) is 13.4. The summed E-state index contributed by atoms with van der Waals surface area (Å²) in [7, 11) is 0. The van der Waals surface area contributed by atoms with E-state index in [-0.39, 0.29) is 17.6 Å². The Hall–Kier alpha value is -2.88. The Balaban J connectivity index is 1.40. The molecule has 180 valence electrons. The smallest absolute Gasteiger partial charge is 0.0671 e. The number of aryl methyl sites for hydroxylation is 2. The van der Waals surface area contributed by atoms with Crippen molar-refractivity contribution in [3.8, 4) is 0 Å². The first-order valence-corrected chi connectivity index (χ1v) is 13.4. The van der Waals surface area contributed by atoms with Crippen LogP contribution in [0, 0.1) is 5.92 Å². The number of nitrogens with one attached hydrogen (secondary N) is 1. The minimum absolute atomic E-state index is 0.156. The van der Waals surface area contributed by atoms with Gasteiger partial charge in [-0.2, -0.15) is 0 Å². The summed E-state index contributed by atoms with van der Waals surface area (Å²) in [5.74, 6) is 0.218. The molecule has 1 fully saturated rings. The Labute approximate surface area is 208 Å². The van der Waals surface area contributed by atoms with Gasteiger partial charge < -0.3 is 10.1 Å². The maximum absolute atomic E-state index is 11.8. The highest BCUT2D eigenvalue weighted by Crippen LogP contribution is 2.51. The van der Waals surface area contributed by atoms with Crippen LogP contribution in [0.4, 0.5) is 0 Å². The number of H-pyrrole nitrogens is 1. The summed E-state index contributed by atoms with van der Waals surface area (Å²) in [4.78, 5) is 6.63. The molecule has 0 saturated carbocycles. The maximum Gasteiger partial charge on any atom is 0.0671 e. The van der Waals surface area contributed by atoms with Gasteiger partial charge in [-0.1, -0.05) is 78.9 Å². The van der Waals surface area contributed by atoms with Gasteiger partial charge in [0.1, 0.15) is 0 Å². The molecular formula is C32H36N2O. The minimum Gasteiger partial charge on any atom is -0.393 e. The zero-order chi connectivity index (χ0) is 23.7. The number of aromatic nitrogens is 1. The molecule has 35 heavy (non-hydrogen) atoms. The number of nitrogens with zero attached hydrogens (tertiary/aromatic N) is 1. The number of hydrogen-bond donors (Lipinski definition) is 2. The van der Waals surface area contributed by atoms with Crippen LogP contribution in [0.15, 0.2) is 84.9 Å². The van der Waals surface area contributed by atoms with E-state index in [1.807, 2.05) is 0 Å². The molecule has 0 spiro atoms. The number of aliphatic hydroxyl groups excluding tert-OH is 1. The highest BCUT2D eigenvalue weighted by Gasteiger charge is 2.53. The van der Waals surface area contributed by atoms with Crippen LogP contribution in [0.25, 0.3) is 10.9 Å². The van der Waals surface area contributed by atoms with Gasteiger partial charge >= 0.3 is 0 Å². The normalized spacial score (nSPS) is 23.1. The zero-order valence-electron chi connectivity index (χ0n) is 20.5. The van der Waals surface area contributed by atoms with Gasteiger partial charge in [-0.05, 0) is 74.2 Å². The molecule has 3 atom stereocenters. The molecule has 3 aromatic carbocycles. The topological polar surface area (TPSA) is 39.3 Å². The molecule has 2 aliphatic heterocycles. The lowest BCUT2D eigenvalue weighted by Crippen LogP contribution is -2.60. The first kappa shape index (κ1) is 22.6. The van der Waals surface area contributed by atoms with Crippen molar-refractivity contribution in [3.05, 3.63) is 107 Å². The number of hydrogen-bond acceptors (Lipinski definition) is 2. The van der Waals surface area contributed by atoms with Crippen LogP contribution in [0.3, 0.4) is 0 Å². The highest BCUT2D eigenvalue weighted by atomic mass is 16.3. The van der Waals surface area contributed by atoms with Gasteiger partial charge in [0.2, 0.25) is 0 Å².